The van der Waals surface area contributed by atoms with Gasteiger partial charge >= 0.3 is 0 Å². The van der Waals surface area contributed by atoms with Gasteiger partial charge in [0.05, 0.1) is 13.4 Å². The van der Waals surface area contributed by atoms with Gasteiger partial charge in [-0.25, -0.2) is 4.98 Å². The van der Waals surface area contributed by atoms with Crippen molar-refractivity contribution in [2.45, 2.75) is 32.2 Å². The average molecular weight is 261 g/mol. The Kier molecular flexibility index (Phi) is 6.00. The number of ether oxygens (including phenoxy) is 1. The Hall–Kier alpha value is -1.07. The van der Waals surface area contributed by atoms with Crippen molar-refractivity contribution in [2.24, 2.45) is 0 Å². The first kappa shape index (κ1) is 14.0. The lowest BCUT2D eigenvalue weighted by Gasteiger charge is -2.07. The molecule has 0 unspecified atom stereocenters. The van der Waals surface area contributed by atoms with Gasteiger partial charge in [-0.1, -0.05) is 24.4 Å². The van der Waals surface area contributed by atoms with Crippen LogP contribution in [0.4, 0.5) is 0 Å². The number of aromatic nitrogens is 2. The molecule has 1 aromatic heterocycles. The molecule has 0 atom stereocenters. The van der Waals surface area contributed by atoms with Crippen LogP contribution in [0, 0.1) is 0 Å². The summed E-state index contributed by atoms with van der Waals surface area (Å²) in [6.45, 7) is 0.807. The lowest BCUT2D eigenvalue weighted by Crippen LogP contribution is -2.22. The van der Waals surface area contributed by atoms with Crippen LogP contribution in [0.2, 0.25) is 5.15 Å². The van der Waals surface area contributed by atoms with Crippen LogP contribution in [-0.4, -0.2) is 28.4 Å². The Bertz CT molecular complexity index is 406. The van der Waals surface area contributed by atoms with Crippen LogP contribution in [0.5, 0.6) is 5.75 Å². The van der Waals surface area contributed by atoms with Crippen molar-refractivity contribution >= 4 is 11.6 Å². The van der Waals surface area contributed by atoms with Crippen LogP contribution in [0.25, 0.3) is 0 Å². The molecule has 0 radical (unpaired) electrons. The maximum Gasteiger partial charge on any atom is 0.297 e. The second-order valence-corrected chi connectivity index (χ2v) is 4.06. The second-order valence-electron chi connectivity index (χ2n) is 3.70. The minimum absolute atomic E-state index is 0.0875. The van der Waals surface area contributed by atoms with E-state index in [0.717, 1.165) is 25.7 Å². The lowest BCUT2D eigenvalue weighted by atomic mass is 10.2. The third-order valence-electron chi connectivity index (χ3n) is 2.46. The maximum absolute atomic E-state index is 11.8. The maximum atomic E-state index is 11.8. The largest absolute Gasteiger partial charge is 0.489 e. The van der Waals surface area contributed by atoms with Crippen LogP contribution in [0.1, 0.15) is 25.7 Å². The topological polar surface area (TPSA) is 64.3 Å². The molecule has 0 saturated heterocycles. The van der Waals surface area contributed by atoms with Gasteiger partial charge in [-0.15, -0.1) is 0 Å². The summed E-state index contributed by atoms with van der Waals surface area (Å²) in [7, 11) is 1.40. The summed E-state index contributed by atoms with van der Waals surface area (Å²) in [6.07, 6.45) is 5.03. The molecule has 96 valence electrons. The molecule has 0 aliphatic carbocycles. The molecule has 0 aliphatic rings. The molecular weight excluding hydrogens is 244 g/mol. The number of methoxy groups -OCH3 is 1. The average Bonchev–Trinajstić information content (AvgIpc) is 2.32. The fourth-order valence-electron chi connectivity index (χ4n) is 1.53. The van der Waals surface area contributed by atoms with E-state index in [1.165, 1.54) is 18.0 Å². The predicted molar refractivity (Wildman–Crippen MR) is 65.6 cm³/mol. The summed E-state index contributed by atoms with van der Waals surface area (Å²) in [4.78, 5) is 15.7. The molecule has 0 aliphatic heterocycles. The molecular formula is C11H17ClN2O3. The molecule has 1 aromatic rings. The number of aliphatic hydroxyl groups excluding tert-OH is 1. The summed E-state index contributed by atoms with van der Waals surface area (Å²) in [5, 5.41) is 8.72. The first-order valence-corrected chi connectivity index (χ1v) is 5.98. The number of rotatable bonds is 7. The highest BCUT2D eigenvalue weighted by Gasteiger charge is 2.09. The van der Waals surface area contributed by atoms with Gasteiger partial charge < -0.3 is 9.84 Å². The molecule has 0 spiro atoms. The van der Waals surface area contributed by atoms with E-state index >= 15 is 0 Å². The highest BCUT2D eigenvalue weighted by molar-refractivity contribution is 6.30. The number of aliphatic hydroxyl groups is 1. The summed E-state index contributed by atoms with van der Waals surface area (Å²) in [5.41, 5.74) is -0.255. The summed E-state index contributed by atoms with van der Waals surface area (Å²) in [6, 6.07) is 0. The molecule has 0 saturated carbocycles. The summed E-state index contributed by atoms with van der Waals surface area (Å²) >= 11 is 5.73. The molecule has 0 bridgehead atoms. The quantitative estimate of drug-likeness (QED) is 0.595. The van der Waals surface area contributed by atoms with Crippen molar-refractivity contribution in [1.82, 2.24) is 9.55 Å². The van der Waals surface area contributed by atoms with Crippen molar-refractivity contribution in [1.29, 1.82) is 0 Å². The zero-order chi connectivity index (χ0) is 12.7. The van der Waals surface area contributed by atoms with E-state index in [-0.39, 0.29) is 23.1 Å². The fraction of sp³-hybridized carbons (Fsp3) is 0.636. The van der Waals surface area contributed by atoms with E-state index in [1.807, 2.05) is 0 Å². The van der Waals surface area contributed by atoms with E-state index in [4.69, 9.17) is 21.4 Å². The van der Waals surface area contributed by atoms with Crippen LogP contribution >= 0.6 is 11.6 Å². The van der Waals surface area contributed by atoms with Crippen LogP contribution in [0.3, 0.4) is 0 Å². The number of hydrogen-bond donors (Lipinski definition) is 1. The zero-order valence-corrected chi connectivity index (χ0v) is 10.6. The molecule has 0 fully saturated rings. The van der Waals surface area contributed by atoms with Gasteiger partial charge in [0.25, 0.3) is 5.56 Å². The molecule has 1 rings (SSSR count). The normalized spacial score (nSPS) is 10.5. The molecule has 6 heteroatoms. The Balaban J connectivity index is 2.57. The van der Waals surface area contributed by atoms with Gasteiger partial charge in [0.1, 0.15) is 0 Å². The van der Waals surface area contributed by atoms with E-state index in [9.17, 15) is 4.79 Å². The molecule has 1 N–H and O–H groups in total. The van der Waals surface area contributed by atoms with Gasteiger partial charge in [0.15, 0.2) is 5.15 Å². The zero-order valence-electron chi connectivity index (χ0n) is 9.86. The van der Waals surface area contributed by atoms with Crippen molar-refractivity contribution in [3.63, 3.8) is 0 Å². The molecule has 17 heavy (non-hydrogen) atoms. The predicted octanol–water partition coefficient (Wildman–Crippen LogP) is 1.46. The number of unbranched alkanes of at least 4 members (excludes halogenated alkanes) is 3. The van der Waals surface area contributed by atoms with Gasteiger partial charge in [-0.3, -0.25) is 9.36 Å². The Morgan fingerprint density at radius 3 is 2.76 bits per heavy atom. The van der Waals surface area contributed by atoms with Crippen molar-refractivity contribution < 1.29 is 9.84 Å². The summed E-state index contributed by atoms with van der Waals surface area (Å²) in [5.74, 6) is 0.0875. The number of nitrogens with zero attached hydrogens (tertiary/aromatic N) is 2. The minimum Gasteiger partial charge on any atom is -0.489 e. The van der Waals surface area contributed by atoms with Crippen molar-refractivity contribution in [2.75, 3.05) is 13.7 Å². The number of halogens is 1. The molecule has 5 nitrogen and oxygen atoms in total. The van der Waals surface area contributed by atoms with Gasteiger partial charge in [0, 0.05) is 13.2 Å². The van der Waals surface area contributed by atoms with Gasteiger partial charge in [-0.2, -0.15) is 0 Å². The lowest BCUT2D eigenvalue weighted by molar-refractivity contribution is 0.282. The molecule has 0 aromatic carbocycles. The van der Waals surface area contributed by atoms with Crippen LogP contribution < -0.4 is 10.3 Å². The van der Waals surface area contributed by atoms with E-state index in [2.05, 4.69) is 4.98 Å². The Morgan fingerprint density at radius 2 is 2.12 bits per heavy atom. The van der Waals surface area contributed by atoms with Crippen LogP contribution in [0.15, 0.2) is 11.1 Å². The molecule has 1 heterocycles. The van der Waals surface area contributed by atoms with E-state index in [1.54, 1.807) is 0 Å². The minimum atomic E-state index is -0.255. The summed E-state index contributed by atoms with van der Waals surface area (Å²) < 4.78 is 6.39. The highest BCUT2D eigenvalue weighted by Crippen LogP contribution is 2.14. The standard InChI is InChI=1S/C11H17ClN2O3/c1-17-9-10(12)13-8-14(11(9)16)6-4-2-3-5-7-15/h8,15H,2-7H2,1H3. The monoisotopic (exact) mass is 260 g/mol. The molecule has 0 amide bonds. The van der Waals surface area contributed by atoms with Gasteiger partial charge in [0.2, 0.25) is 5.75 Å². The van der Waals surface area contributed by atoms with Gasteiger partial charge in [-0.05, 0) is 12.8 Å². The van der Waals surface area contributed by atoms with Crippen molar-refractivity contribution in [3.05, 3.63) is 21.8 Å². The SMILES string of the molecule is COc1c(Cl)ncn(CCCCCCO)c1=O. The Labute approximate surface area is 105 Å². The highest BCUT2D eigenvalue weighted by atomic mass is 35.5. The van der Waals surface area contributed by atoms with E-state index in [0.29, 0.717) is 6.54 Å². The van der Waals surface area contributed by atoms with E-state index < -0.39 is 0 Å². The smallest absolute Gasteiger partial charge is 0.297 e. The first-order chi connectivity index (χ1) is 8.20. The number of aryl methyl sites for hydroxylation is 1. The third kappa shape index (κ3) is 4.02. The fourth-order valence-corrected chi connectivity index (χ4v) is 1.73. The first-order valence-electron chi connectivity index (χ1n) is 5.60. The Morgan fingerprint density at radius 1 is 1.41 bits per heavy atom. The third-order valence-corrected chi connectivity index (χ3v) is 2.73. The van der Waals surface area contributed by atoms with Crippen LogP contribution in [-0.2, 0) is 6.54 Å². The van der Waals surface area contributed by atoms with Crippen molar-refractivity contribution in [3.8, 4) is 5.75 Å². The number of hydrogen-bond acceptors (Lipinski definition) is 4. The second kappa shape index (κ2) is 7.29.